The standard InChI is InChI=1S/C16H17N3O3/c1-21-15-5-3-2-4-11(15)9-17-16(20)14-8-12-10-22-7-6-13(12)18-19-14/h2-5,8H,6-7,9-10H2,1H3,(H,17,20). The summed E-state index contributed by atoms with van der Waals surface area (Å²) in [5, 5.41) is 10.9. The number of nitrogens with zero attached hydrogens (tertiary/aromatic N) is 2. The third kappa shape index (κ3) is 3.07. The summed E-state index contributed by atoms with van der Waals surface area (Å²) in [6.07, 6.45) is 0.742. The fourth-order valence-corrected chi connectivity index (χ4v) is 2.37. The summed E-state index contributed by atoms with van der Waals surface area (Å²) >= 11 is 0. The summed E-state index contributed by atoms with van der Waals surface area (Å²) in [5.74, 6) is 0.486. The Kier molecular flexibility index (Phi) is 4.29. The van der Waals surface area contributed by atoms with Crippen LogP contribution >= 0.6 is 0 Å². The number of amides is 1. The molecule has 0 spiro atoms. The third-order valence-corrected chi connectivity index (χ3v) is 3.57. The molecule has 6 heteroatoms. The van der Waals surface area contributed by atoms with Crippen molar-refractivity contribution in [1.29, 1.82) is 0 Å². The van der Waals surface area contributed by atoms with E-state index in [1.807, 2.05) is 24.3 Å². The van der Waals surface area contributed by atoms with Gasteiger partial charge in [-0.15, -0.1) is 5.10 Å². The molecule has 1 aliphatic rings. The van der Waals surface area contributed by atoms with Crippen LogP contribution in [0.2, 0.25) is 0 Å². The van der Waals surface area contributed by atoms with Crippen molar-refractivity contribution in [3.8, 4) is 5.75 Å². The molecular formula is C16H17N3O3. The van der Waals surface area contributed by atoms with Gasteiger partial charge >= 0.3 is 0 Å². The van der Waals surface area contributed by atoms with E-state index in [2.05, 4.69) is 15.5 Å². The van der Waals surface area contributed by atoms with Gasteiger partial charge in [-0.25, -0.2) is 0 Å². The summed E-state index contributed by atoms with van der Waals surface area (Å²) in [6.45, 7) is 1.51. The van der Waals surface area contributed by atoms with Crippen LogP contribution in [0.1, 0.15) is 27.3 Å². The van der Waals surface area contributed by atoms with E-state index >= 15 is 0 Å². The van der Waals surface area contributed by atoms with Gasteiger partial charge in [0.1, 0.15) is 5.75 Å². The van der Waals surface area contributed by atoms with Gasteiger partial charge in [0.2, 0.25) is 0 Å². The molecule has 0 saturated carbocycles. The highest BCUT2D eigenvalue weighted by atomic mass is 16.5. The van der Waals surface area contributed by atoms with Crippen LogP contribution in [0.15, 0.2) is 30.3 Å². The van der Waals surface area contributed by atoms with Crippen LogP contribution < -0.4 is 10.1 Å². The molecule has 1 aromatic heterocycles. The van der Waals surface area contributed by atoms with Gasteiger partial charge in [-0.2, -0.15) is 5.10 Å². The second kappa shape index (κ2) is 6.53. The van der Waals surface area contributed by atoms with Gasteiger partial charge in [0.05, 0.1) is 26.0 Å². The number of carbonyl (C=O) groups excluding carboxylic acids is 1. The zero-order chi connectivity index (χ0) is 15.4. The SMILES string of the molecule is COc1ccccc1CNC(=O)c1cc2c(nn1)CCOC2. The molecule has 0 aliphatic carbocycles. The van der Waals surface area contributed by atoms with E-state index in [9.17, 15) is 4.79 Å². The number of methoxy groups -OCH3 is 1. The molecule has 0 radical (unpaired) electrons. The molecule has 2 aromatic rings. The minimum absolute atomic E-state index is 0.258. The van der Waals surface area contributed by atoms with Crippen molar-refractivity contribution in [1.82, 2.24) is 15.5 Å². The van der Waals surface area contributed by atoms with E-state index in [0.29, 0.717) is 25.5 Å². The molecule has 0 unspecified atom stereocenters. The average molecular weight is 299 g/mol. The Morgan fingerprint density at radius 3 is 3.09 bits per heavy atom. The fraction of sp³-hybridized carbons (Fsp3) is 0.312. The second-order valence-electron chi connectivity index (χ2n) is 5.00. The molecule has 0 saturated heterocycles. The van der Waals surface area contributed by atoms with E-state index in [1.54, 1.807) is 13.2 Å². The molecule has 6 nitrogen and oxygen atoms in total. The van der Waals surface area contributed by atoms with E-state index in [0.717, 1.165) is 29.0 Å². The Labute approximate surface area is 128 Å². The Hall–Kier alpha value is -2.47. The quantitative estimate of drug-likeness (QED) is 0.926. The van der Waals surface area contributed by atoms with Crippen LogP contribution in [0.4, 0.5) is 0 Å². The second-order valence-corrected chi connectivity index (χ2v) is 5.00. The first-order chi connectivity index (χ1) is 10.8. The van der Waals surface area contributed by atoms with Crippen LogP contribution in [-0.4, -0.2) is 29.8 Å². The molecule has 1 amide bonds. The van der Waals surface area contributed by atoms with E-state index in [-0.39, 0.29) is 5.91 Å². The lowest BCUT2D eigenvalue weighted by molar-refractivity contribution is 0.0940. The molecule has 0 fully saturated rings. The number of para-hydroxylation sites is 1. The zero-order valence-electron chi connectivity index (χ0n) is 12.3. The van der Waals surface area contributed by atoms with E-state index in [1.165, 1.54) is 0 Å². The summed E-state index contributed by atoms with van der Waals surface area (Å²) in [6, 6.07) is 9.31. The Balaban J connectivity index is 1.69. The molecule has 22 heavy (non-hydrogen) atoms. The highest BCUT2D eigenvalue weighted by molar-refractivity contribution is 5.92. The first-order valence-electron chi connectivity index (χ1n) is 7.11. The summed E-state index contributed by atoms with van der Waals surface area (Å²) < 4.78 is 10.6. The number of nitrogens with one attached hydrogen (secondary N) is 1. The van der Waals surface area contributed by atoms with Gasteiger partial charge in [0, 0.05) is 24.1 Å². The third-order valence-electron chi connectivity index (χ3n) is 3.57. The number of hydrogen-bond acceptors (Lipinski definition) is 5. The number of ether oxygens (including phenoxy) is 2. The number of hydrogen-bond donors (Lipinski definition) is 1. The van der Waals surface area contributed by atoms with Gasteiger partial charge in [0.25, 0.3) is 5.91 Å². The highest BCUT2D eigenvalue weighted by Gasteiger charge is 2.16. The fourth-order valence-electron chi connectivity index (χ4n) is 2.37. The zero-order valence-corrected chi connectivity index (χ0v) is 12.3. The Bertz CT molecular complexity index is 688. The van der Waals surface area contributed by atoms with Crippen LogP contribution in [0.3, 0.4) is 0 Å². The van der Waals surface area contributed by atoms with Crippen molar-refractivity contribution in [2.45, 2.75) is 19.6 Å². The smallest absolute Gasteiger partial charge is 0.272 e. The Morgan fingerprint density at radius 1 is 1.36 bits per heavy atom. The van der Waals surface area contributed by atoms with Crippen molar-refractivity contribution in [3.63, 3.8) is 0 Å². The minimum Gasteiger partial charge on any atom is -0.496 e. The lowest BCUT2D eigenvalue weighted by Crippen LogP contribution is -2.25. The van der Waals surface area contributed by atoms with Crippen LogP contribution in [0, 0.1) is 0 Å². The number of aromatic nitrogens is 2. The maximum absolute atomic E-state index is 12.2. The number of benzene rings is 1. The van der Waals surface area contributed by atoms with Crippen LogP contribution in [0.25, 0.3) is 0 Å². The predicted molar refractivity (Wildman–Crippen MR) is 79.6 cm³/mol. The normalized spacial score (nSPS) is 13.3. The number of carbonyl (C=O) groups is 1. The van der Waals surface area contributed by atoms with Gasteiger partial charge < -0.3 is 14.8 Å². The topological polar surface area (TPSA) is 73.3 Å². The highest BCUT2D eigenvalue weighted by Crippen LogP contribution is 2.17. The number of rotatable bonds is 4. The molecule has 1 aliphatic heterocycles. The van der Waals surface area contributed by atoms with Crippen LogP contribution in [0.5, 0.6) is 5.75 Å². The molecule has 1 aromatic carbocycles. The minimum atomic E-state index is -0.258. The van der Waals surface area contributed by atoms with Gasteiger partial charge in [-0.05, 0) is 12.1 Å². The molecule has 2 heterocycles. The van der Waals surface area contributed by atoms with Gasteiger partial charge in [-0.3, -0.25) is 4.79 Å². The van der Waals surface area contributed by atoms with Crippen molar-refractivity contribution in [3.05, 3.63) is 52.8 Å². The monoisotopic (exact) mass is 299 g/mol. The van der Waals surface area contributed by atoms with Crippen molar-refractivity contribution >= 4 is 5.91 Å². The van der Waals surface area contributed by atoms with E-state index in [4.69, 9.17) is 9.47 Å². The number of fused-ring (bicyclic) bond motifs is 1. The Morgan fingerprint density at radius 2 is 2.23 bits per heavy atom. The summed E-state index contributed by atoms with van der Waals surface area (Å²) in [4.78, 5) is 12.2. The maximum atomic E-state index is 12.2. The van der Waals surface area contributed by atoms with Crippen molar-refractivity contribution in [2.24, 2.45) is 0 Å². The summed E-state index contributed by atoms with van der Waals surface area (Å²) in [5.41, 5.74) is 3.06. The predicted octanol–water partition coefficient (Wildman–Crippen LogP) is 1.49. The molecule has 114 valence electrons. The van der Waals surface area contributed by atoms with Crippen LogP contribution in [-0.2, 0) is 24.3 Å². The van der Waals surface area contributed by atoms with Crippen molar-refractivity contribution < 1.29 is 14.3 Å². The van der Waals surface area contributed by atoms with Crippen molar-refractivity contribution in [2.75, 3.05) is 13.7 Å². The maximum Gasteiger partial charge on any atom is 0.272 e. The molecule has 0 atom stereocenters. The first kappa shape index (κ1) is 14.5. The summed E-state index contributed by atoms with van der Waals surface area (Å²) in [7, 11) is 1.61. The lowest BCUT2D eigenvalue weighted by Gasteiger charge is -2.15. The average Bonchev–Trinajstić information content (AvgIpc) is 2.59. The van der Waals surface area contributed by atoms with E-state index < -0.39 is 0 Å². The molecular weight excluding hydrogens is 282 g/mol. The first-order valence-corrected chi connectivity index (χ1v) is 7.11. The molecule has 1 N–H and O–H groups in total. The largest absolute Gasteiger partial charge is 0.496 e. The molecule has 0 bridgehead atoms. The lowest BCUT2D eigenvalue weighted by atomic mass is 10.1. The molecule has 3 rings (SSSR count). The van der Waals surface area contributed by atoms with Gasteiger partial charge in [0.15, 0.2) is 5.69 Å². The van der Waals surface area contributed by atoms with Gasteiger partial charge in [-0.1, -0.05) is 18.2 Å².